The van der Waals surface area contributed by atoms with Gasteiger partial charge in [-0.3, -0.25) is 0 Å². The van der Waals surface area contributed by atoms with Gasteiger partial charge in [0, 0.05) is 0 Å². The van der Waals surface area contributed by atoms with Crippen LogP contribution in [0, 0.1) is 12.8 Å². The Kier molecular flexibility index (Phi) is 3.59. The van der Waals surface area contributed by atoms with Crippen LogP contribution in [-0.4, -0.2) is 0 Å². The number of allylic oxidation sites excluding steroid dienone is 1. The normalized spacial score (nSPS) is 13.4. The summed E-state index contributed by atoms with van der Waals surface area (Å²) in [5, 5.41) is 0. The van der Waals surface area contributed by atoms with Crippen molar-refractivity contribution < 1.29 is 0 Å². The summed E-state index contributed by atoms with van der Waals surface area (Å²) in [7, 11) is 0. The largest absolute Gasteiger partial charge is 0.0998 e. The van der Waals surface area contributed by atoms with Gasteiger partial charge in [0.15, 0.2) is 0 Å². The third-order valence-electron chi connectivity index (χ3n) is 1.33. The summed E-state index contributed by atoms with van der Waals surface area (Å²) in [6, 6.07) is 0. The zero-order valence-corrected chi connectivity index (χ0v) is 5.91. The third-order valence-corrected chi connectivity index (χ3v) is 1.33. The Bertz CT molecular complexity index is 72.1. The second-order valence-corrected chi connectivity index (χ2v) is 2.47. The smallest absolute Gasteiger partial charge is 0.0286 e. The lowest BCUT2D eigenvalue weighted by Crippen LogP contribution is -1.90. The second-order valence-electron chi connectivity index (χ2n) is 2.47. The van der Waals surface area contributed by atoms with Crippen molar-refractivity contribution in [3.8, 4) is 0 Å². The average molecular weight is 111 g/mol. The fraction of sp³-hybridized carbons (Fsp3) is 0.625. The summed E-state index contributed by atoms with van der Waals surface area (Å²) < 4.78 is 0. The maximum Gasteiger partial charge on any atom is -0.0286 e. The summed E-state index contributed by atoms with van der Waals surface area (Å²) in [5.41, 5.74) is 1.05. The minimum absolute atomic E-state index is 0.764. The van der Waals surface area contributed by atoms with Crippen LogP contribution in [0.15, 0.2) is 12.2 Å². The average Bonchev–Trinajstić information content (AvgIpc) is 1.65. The highest BCUT2D eigenvalue weighted by Gasteiger charge is 1.96. The molecule has 0 nitrogen and oxygen atoms in total. The molecule has 0 aromatic heterocycles. The predicted octanol–water partition coefficient (Wildman–Crippen LogP) is 2.81. The van der Waals surface area contributed by atoms with Crippen LogP contribution in [0.25, 0.3) is 0 Å². The van der Waals surface area contributed by atoms with E-state index in [9.17, 15) is 0 Å². The van der Waals surface area contributed by atoms with Crippen LogP contribution in [0.4, 0.5) is 0 Å². The van der Waals surface area contributed by atoms with Crippen molar-refractivity contribution in [3.63, 3.8) is 0 Å². The molecule has 0 bridgehead atoms. The van der Waals surface area contributed by atoms with Crippen molar-refractivity contribution in [2.75, 3.05) is 0 Å². The Morgan fingerprint density at radius 3 is 2.25 bits per heavy atom. The second kappa shape index (κ2) is 3.71. The van der Waals surface area contributed by atoms with E-state index in [2.05, 4.69) is 27.4 Å². The molecule has 0 aromatic carbocycles. The molecule has 0 saturated carbocycles. The van der Waals surface area contributed by atoms with Gasteiger partial charge in [-0.1, -0.05) is 32.4 Å². The highest BCUT2D eigenvalue weighted by Crippen LogP contribution is 2.10. The first-order valence-corrected chi connectivity index (χ1v) is 3.16. The van der Waals surface area contributed by atoms with E-state index in [4.69, 9.17) is 0 Å². The Morgan fingerprint density at radius 2 is 2.12 bits per heavy atom. The molecule has 47 valence electrons. The van der Waals surface area contributed by atoms with Crippen LogP contribution in [-0.2, 0) is 0 Å². The lowest BCUT2D eigenvalue weighted by Gasteiger charge is -2.05. The molecule has 0 N–H and O–H groups in total. The van der Waals surface area contributed by atoms with Crippen molar-refractivity contribution >= 4 is 0 Å². The SMILES string of the molecule is [CH2]C(=C)CC(C)CC. The lowest BCUT2D eigenvalue weighted by molar-refractivity contribution is 0.563. The van der Waals surface area contributed by atoms with Gasteiger partial charge in [0.2, 0.25) is 0 Å². The van der Waals surface area contributed by atoms with Gasteiger partial charge in [-0.2, -0.15) is 0 Å². The fourth-order valence-electron chi connectivity index (χ4n) is 0.637. The van der Waals surface area contributed by atoms with E-state index in [1.807, 2.05) is 0 Å². The molecule has 1 radical (unpaired) electrons. The van der Waals surface area contributed by atoms with E-state index in [0.29, 0.717) is 0 Å². The van der Waals surface area contributed by atoms with Crippen molar-refractivity contribution in [1.29, 1.82) is 0 Å². The summed E-state index contributed by atoms with van der Waals surface area (Å²) >= 11 is 0. The summed E-state index contributed by atoms with van der Waals surface area (Å²) in [5.74, 6) is 0.764. The zero-order valence-electron chi connectivity index (χ0n) is 5.91. The third kappa shape index (κ3) is 3.91. The van der Waals surface area contributed by atoms with Crippen LogP contribution in [0.3, 0.4) is 0 Å². The van der Waals surface area contributed by atoms with Crippen molar-refractivity contribution in [2.45, 2.75) is 26.7 Å². The Balaban J connectivity index is 3.24. The van der Waals surface area contributed by atoms with Gasteiger partial charge >= 0.3 is 0 Å². The van der Waals surface area contributed by atoms with Gasteiger partial charge in [-0.15, -0.1) is 0 Å². The molecule has 8 heavy (non-hydrogen) atoms. The monoisotopic (exact) mass is 111 g/mol. The zero-order chi connectivity index (χ0) is 6.57. The molecule has 0 rings (SSSR count). The highest BCUT2D eigenvalue weighted by molar-refractivity contribution is 4.97. The lowest BCUT2D eigenvalue weighted by atomic mass is 10.0. The Labute approximate surface area is 52.6 Å². The number of hydrogen-bond acceptors (Lipinski definition) is 0. The molecule has 0 spiro atoms. The van der Waals surface area contributed by atoms with Crippen molar-refractivity contribution in [2.24, 2.45) is 5.92 Å². The fourth-order valence-corrected chi connectivity index (χ4v) is 0.637. The van der Waals surface area contributed by atoms with Crippen LogP contribution >= 0.6 is 0 Å². The van der Waals surface area contributed by atoms with Crippen LogP contribution in [0.1, 0.15) is 26.7 Å². The number of rotatable bonds is 3. The van der Waals surface area contributed by atoms with Gasteiger partial charge in [0.1, 0.15) is 0 Å². The first-order chi connectivity index (χ1) is 3.66. The number of hydrogen-bond donors (Lipinski definition) is 0. The van der Waals surface area contributed by atoms with E-state index in [1.54, 1.807) is 0 Å². The quantitative estimate of drug-likeness (QED) is 0.525. The Morgan fingerprint density at radius 1 is 1.62 bits per heavy atom. The molecule has 0 aliphatic heterocycles. The summed E-state index contributed by atoms with van der Waals surface area (Å²) in [6.07, 6.45) is 2.31. The van der Waals surface area contributed by atoms with E-state index in [0.717, 1.165) is 17.9 Å². The molecule has 1 unspecified atom stereocenters. The van der Waals surface area contributed by atoms with Crippen LogP contribution < -0.4 is 0 Å². The highest BCUT2D eigenvalue weighted by atomic mass is 14.0. The molecule has 0 heteroatoms. The Hall–Kier alpha value is -0.260. The maximum absolute atomic E-state index is 3.73. The molecule has 0 aliphatic rings. The van der Waals surface area contributed by atoms with Gasteiger partial charge in [0.25, 0.3) is 0 Å². The molecule has 0 amide bonds. The standard InChI is InChI=1S/C8H15/c1-5-8(4)6-7(2)3/h8H,2-3,5-6H2,1,4H3. The van der Waals surface area contributed by atoms with E-state index in [1.165, 1.54) is 6.42 Å². The molecule has 1 atom stereocenters. The van der Waals surface area contributed by atoms with E-state index in [-0.39, 0.29) is 0 Å². The topological polar surface area (TPSA) is 0 Å². The van der Waals surface area contributed by atoms with Crippen molar-refractivity contribution in [3.05, 3.63) is 19.1 Å². The van der Waals surface area contributed by atoms with E-state index >= 15 is 0 Å². The molecular weight excluding hydrogens is 96.1 g/mol. The minimum Gasteiger partial charge on any atom is -0.0998 e. The van der Waals surface area contributed by atoms with Crippen LogP contribution in [0.2, 0.25) is 0 Å². The molecule has 0 aromatic rings. The summed E-state index contributed by atoms with van der Waals surface area (Å²) in [4.78, 5) is 0. The summed E-state index contributed by atoms with van der Waals surface area (Å²) in [6.45, 7) is 11.9. The first kappa shape index (κ1) is 7.74. The van der Waals surface area contributed by atoms with Crippen LogP contribution in [0.5, 0.6) is 0 Å². The molecule has 0 heterocycles. The molecule has 0 fully saturated rings. The van der Waals surface area contributed by atoms with Gasteiger partial charge < -0.3 is 0 Å². The molecular formula is C8H15. The molecule has 0 aliphatic carbocycles. The van der Waals surface area contributed by atoms with Crippen molar-refractivity contribution in [1.82, 2.24) is 0 Å². The van der Waals surface area contributed by atoms with Gasteiger partial charge in [0.05, 0.1) is 0 Å². The van der Waals surface area contributed by atoms with Gasteiger partial charge in [-0.25, -0.2) is 0 Å². The predicted molar refractivity (Wildman–Crippen MR) is 38.6 cm³/mol. The maximum atomic E-state index is 3.73. The minimum atomic E-state index is 0.764. The van der Waals surface area contributed by atoms with Gasteiger partial charge in [-0.05, 0) is 19.3 Å². The van der Waals surface area contributed by atoms with E-state index < -0.39 is 0 Å². The molecule has 0 saturated heterocycles. The first-order valence-electron chi connectivity index (χ1n) is 3.16.